The van der Waals surface area contributed by atoms with Gasteiger partial charge in [0, 0.05) is 17.3 Å². The predicted octanol–water partition coefficient (Wildman–Crippen LogP) is 3.12. The number of aromatic nitrogens is 1. The summed E-state index contributed by atoms with van der Waals surface area (Å²) in [5.41, 5.74) is 6.55. The van der Waals surface area contributed by atoms with Gasteiger partial charge in [-0.05, 0) is 12.1 Å². The summed E-state index contributed by atoms with van der Waals surface area (Å²) >= 11 is 5.81. The quantitative estimate of drug-likeness (QED) is 0.805. The molecule has 0 aliphatic carbocycles. The largest absolute Gasteiger partial charge is 0.382 e. The number of nitrogens with zero attached hydrogens (tertiary/aromatic N) is 1. The second-order valence-electron chi connectivity index (χ2n) is 3.07. The van der Waals surface area contributed by atoms with Gasteiger partial charge in [0.05, 0.1) is 5.02 Å². The SMILES string of the molecule is Nc1ncc(-c2ccccc2F)cc1Cl. The number of nitrogens with two attached hydrogens (primary N) is 1. The lowest BCUT2D eigenvalue weighted by Crippen LogP contribution is -1.92. The van der Waals surface area contributed by atoms with Crippen LogP contribution in [0.3, 0.4) is 0 Å². The molecule has 2 N–H and O–H groups in total. The van der Waals surface area contributed by atoms with Crippen molar-refractivity contribution in [1.29, 1.82) is 0 Å². The van der Waals surface area contributed by atoms with E-state index in [-0.39, 0.29) is 11.6 Å². The highest BCUT2D eigenvalue weighted by molar-refractivity contribution is 6.33. The Morgan fingerprint density at radius 3 is 2.67 bits per heavy atom. The number of nitrogen functional groups attached to an aromatic ring is 1. The highest BCUT2D eigenvalue weighted by Gasteiger charge is 2.06. The van der Waals surface area contributed by atoms with Crippen molar-refractivity contribution in [3.8, 4) is 11.1 Å². The van der Waals surface area contributed by atoms with E-state index in [9.17, 15) is 4.39 Å². The Hall–Kier alpha value is -1.61. The predicted molar refractivity (Wildman–Crippen MR) is 59.1 cm³/mol. The van der Waals surface area contributed by atoms with Crippen LogP contribution in [0.25, 0.3) is 11.1 Å². The monoisotopic (exact) mass is 222 g/mol. The third-order valence-electron chi connectivity index (χ3n) is 2.05. The fraction of sp³-hybridized carbons (Fsp3) is 0. The topological polar surface area (TPSA) is 38.9 Å². The smallest absolute Gasteiger partial charge is 0.142 e. The first kappa shape index (κ1) is 9.93. The molecule has 4 heteroatoms. The van der Waals surface area contributed by atoms with Crippen LogP contribution in [0.1, 0.15) is 0 Å². The van der Waals surface area contributed by atoms with Crippen molar-refractivity contribution in [1.82, 2.24) is 4.98 Å². The Balaban J connectivity index is 2.55. The molecule has 1 aromatic carbocycles. The van der Waals surface area contributed by atoms with E-state index in [4.69, 9.17) is 17.3 Å². The molecule has 2 rings (SSSR count). The summed E-state index contributed by atoms with van der Waals surface area (Å²) in [5, 5.41) is 0.329. The standard InChI is InChI=1S/C11H8ClFN2/c12-9-5-7(6-15-11(9)14)8-3-1-2-4-10(8)13/h1-6H,(H2,14,15). The molecule has 0 radical (unpaired) electrons. The molecular formula is C11H8ClFN2. The molecule has 0 fully saturated rings. The van der Waals surface area contributed by atoms with Crippen molar-refractivity contribution in [3.63, 3.8) is 0 Å². The fourth-order valence-electron chi connectivity index (χ4n) is 1.29. The van der Waals surface area contributed by atoms with Gasteiger partial charge in [-0.3, -0.25) is 0 Å². The third kappa shape index (κ3) is 1.92. The highest BCUT2D eigenvalue weighted by atomic mass is 35.5. The second kappa shape index (κ2) is 3.87. The summed E-state index contributed by atoms with van der Waals surface area (Å²) in [6, 6.07) is 8.04. The molecule has 0 bridgehead atoms. The average molecular weight is 223 g/mol. The van der Waals surface area contributed by atoms with Gasteiger partial charge in [0.1, 0.15) is 11.6 Å². The van der Waals surface area contributed by atoms with Gasteiger partial charge in [0.25, 0.3) is 0 Å². The maximum atomic E-state index is 13.4. The number of anilines is 1. The summed E-state index contributed by atoms with van der Waals surface area (Å²) in [5.74, 6) is -0.0584. The van der Waals surface area contributed by atoms with Gasteiger partial charge < -0.3 is 5.73 Å². The van der Waals surface area contributed by atoms with Gasteiger partial charge in [-0.15, -0.1) is 0 Å². The molecule has 0 saturated carbocycles. The van der Waals surface area contributed by atoms with Crippen LogP contribution in [-0.2, 0) is 0 Å². The van der Waals surface area contributed by atoms with Gasteiger partial charge in [-0.2, -0.15) is 0 Å². The molecule has 0 unspecified atom stereocenters. The molecule has 15 heavy (non-hydrogen) atoms. The maximum absolute atomic E-state index is 13.4. The Labute approximate surface area is 91.5 Å². The zero-order chi connectivity index (χ0) is 10.8. The number of rotatable bonds is 1. The van der Waals surface area contributed by atoms with Crippen molar-refractivity contribution >= 4 is 17.4 Å². The van der Waals surface area contributed by atoms with E-state index in [0.717, 1.165) is 0 Å². The maximum Gasteiger partial charge on any atom is 0.142 e. The van der Waals surface area contributed by atoms with E-state index >= 15 is 0 Å². The van der Waals surface area contributed by atoms with E-state index in [1.54, 1.807) is 24.3 Å². The van der Waals surface area contributed by atoms with Gasteiger partial charge in [-0.1, -0.05) is 29.8 Å². The first-order valence-electron chi connectivity index (χ1n) is 4.34. The molecule has 0 aliphatic rings. The highest BCUT2D eigenvalue weighted by Crippen LogP contribution is 2.26. The van der Waals surface area contributed by atoms with E-state index < -0.39 is 0 Å². The van der Waals surface area contributed by atoms with Gasteiger partial charge >= 0.3 is 0 Å². The minimum Gasteiger partial charge on any atom is -0.382 e. The fourth-order valence-corrected chi connectivity index (χ4v) is 1.46. The van der Waals surface area contributed by atoms with Crippen LogP contribution < -0.4 is 5.73 Å². The summed E-state index contributed by atoms with van der Waals surface area (Å²) in [7, 11) is 0. The van der Waals surface area contributed by atoms with Crippen LogP contribution in [0.15, 0.2) is 36.5 Å². The molecular weight excluding hydrogens is 215 g/mol. The van der Waals surface area contributed by atoms with Crippen molar-refractivity contribution < 1.29 is 4.39 Å². The summed E-state index contributed by atoms with van der Waals surface area (Å²) in [6.45, 7) is 0. The van der Waals surface area contributed by atoms with Crippen LogP contribution in [0, 0.1) is 5.82 Å². The van der Waals surface area contributed by atoms with E-state index in [0.29, 0.717) is 16.1 Å². The van der Waals surface area contributed by atoms with Crippen molar-refractivity contribution in [3.05, 3.63) is 47.4 Å². The Morgan fingerprint density at radius 2 is 2.00 bits per heavy atom. The Morgan fingerprint density at radius 1 is 1.27 bits per heavy atom. The lowest BCUT2D eigenvalue weighted by molar-refractivity contribution is 0.631. The normalized spacial score (nSPS) is 10.3. The number of hydrogen-bond acceptors (Lipinski definition) is 2. The van der Waals surface area contributed by atoms with E-state index in [2.05, 4.69) is 4.98 Å². The minimum atomic E-state index is -0.305. The van der Waals surface area contributed by atoms with E-state index in [1.165, 1.54) is 12.3 Å². The Bertz CT molecular complexity index is 500. The van der Waals surface area contributed by atoms with Crippen LogP contribution in [0.4, 0.5) is 10.2 Å². The summed E-state index contributed by atoms with van der Waals surface area (Å²) in [6.07, 6.45) is 1.50. The van der Waals surface area contributed by atoms with Crippen LogP contribution in [0.5, 0.6) is 0 Å². The lowest BCUT2D eigenvalue weighted by atomic mass is 10.1. The molecule has 76 valence electrons. The van der Waals surface area contributed by atoms with Crippen LogP contribution in [0.2, 0.25) is 5.02 Å². The molecule has 0 spiro atoms. The molecule has 2 nitrogen and oxygen atoms in total. The van der Waals surface area contributed by atoms with Gasteiger partial charge in [-0.25, -0.2) is 9.37 Å². The molecule has 0 saturated heterocycles. The zero-order valence-corrected chi connectivity index (χ0v) is 8.50. The first-order valence-corrected chi connectivity index (χ1v) is 4.72. The van der Waals surface area contributed by atoms with Gasteiger partial charge in [0.2, 0.25) is 0 Å². The summed E-state index contributed by atoms with van der Waals surface area (Å²) < 4.78 is 13.4. The third-order valence-corrected chi connectivity index (χ3v) is 2.36. The van der Waals surface area contributed by atoms with Gasteiger partial charge in [0.15, 0.2) is 0 Å². The second-order valence-corrected chi connectivity index (χ2v) is 3.48. The van der Waals surface area contributed by atoms with Crippen LogP contribution >= 0.6 is 11.6 Å². The number of benzene rings is 1. The minimum absolute atomic E-state index is 0.247. The van der Waals surface area contributed by atoms with E-state index in [1.807, 2.05) is 0 Å². The molecule has 0 amide bonds. The molecule has 0 atom stereocenters. The molecule has 0 aliphatic heterocycles. The van der Waals surface area contributed by atoms with Crippen molar-refractivity contribution in [2.24, 2.45) is 0 Å². The number of hydrogen-bond donors (Lipinski definition) is 1. The average Bonchev–Trinajstić information content (AvgIpc) is 2.23. The first-order chi connectivity index (χ1) is 7.18. The number of halogens is 2. The molecule has 1 heterocycles. The Kier molecular flexibility index (Phi) is 2.56. The zero-order valence-electron chi connectivity index (χ0n) is 7.74. The van der Waals surface area contributed by atoms with Crippen molar-refractivity contribution in [2.45, 2.75) is 0 Å². The molecule has 1 aromatic heterocycles. The lowest BCUT2D eigenvalue weighted by Gasteiger charge is -2.04. The van der Waals surface area contributed by atoms with Crippen LogP contribution in [-0.4, -0.2) is 4.98 Å². The number of pyridine rings is 1. The molecule has 2 aromatic rings. The van der Waals surface area contributed by atoms with Crippen molar-refractivity contribution in [2.75, 3.05) is 5.73 Å². The summed E-state index contributed by atoms with van der Waals surface area (Å²) in [4.78, 5) is 3.88.